The summed E-state index contributed by atoms with van der Waals surface area (Å²) in [6.07, 6.45) is 1.09. The predicted octanol–water partition coefficient (Wildman–Crippen LogP) is 2.42. The molecular weight excluding hydrogens is 454 g/mol. The average Bonchev–Trinajstić information content (AvgIpc) is 2.74. The van der Waals surface area contributed by atoms with Crippen LogP contribution in [0.2, 0.25) is 5.02 Å². The molecule has 0 aliphatic heterocycles. The van der Waals surface area contributed by atoms with Crippen LogP contribution < -0.4 is 15.6 Å². The van der Waals surface area contributed by atoms with Gasteiger partial charge < -0.3 is 14.6 Å². The number of nitrogens with zero attached hydrogens (tertiary/aromatic N) is 2. The van der Waals surface area contributed by atoms with Crippen molar-refractivity contribution >= 4 is 38.2 Å². The topological polar surface area (TPSA) is 118 Å². The zero-order chi connectivity index (χ0) is 23.5. The number of hydrogen-bond donors (Lipinski definition) is 1. The fraction of sp³-hybridized carbons (Fsp3) is 0.227. The average molecular weight is 474 g/mol. The van der Waals surface area contributed by atoms with E-state index in [-0.39, 0.29) is 35.8 Å². The highest BCUT2D eigenvalue weighted by atomic mass is 35.5. The summed E-state index contributed by atoms with van der Waals surface area (Å²) in [6.45, 7) is 0.0651. The summed E-state index contributed by atoms with van der Waals surface area (Å²) in [7, 11) is -1.77. The van der Waals surface area contributed by atoms with Gasteiger partial charge in [-0.1, -0.05) is 23.7 Å². The molecule has 0 aliphatic carbocycles. The molecule has 0 unspecified atom stereocenters. The molecule has 0 spiro atoms. The van der Waals surface area contributed by atoms with Crippen molar-refractivity contribution in [1.29, 1.82) is 5.26 Å². The number of aromatic nitrogens is 1. The Morgan fingerprint density at radius 2 is 1.91 bits per heavy atom. The van der Waals surface area contributed by atoms with Crippen LogP contribution in [0.3, 0.4) is 0 Å². The van der Waals surface area contributed by atoms with Gasteiger partial charge in [0.1, 0.15) is 17.9 Å². The second-order valence-electron chi connectivity index (χ2n) is 7.23. The van der Waals surface area contributed by atoms with Gasteiger partial charge in [0.2, 0.25) is 0 Å². The Hall–Kier alpha value is -3.35. The molecule has 1 N–H and O–H groups in total. The van der Waals surface area contributed by atoms with E-state index in [1.165, 1.54) is 29.8 Å². The van der Waals surface area contributed by atoms with Gasteiger partial charge in [0.15, 0.2) is 9.84 Å². The lowest BCUT2D eigenvalue weighted by molar-refractivity contribution is 0.0949. The summed E-state index contributed by atoms with van der Waals surface area (Å²) in [5, 5.41) is 13.1. The molecule has 1 aromatic heterocycles. The molecule has 2 aromatic carbocycles. The van der Waals surface area contributed by atoms with Crippen molar-refractivity contribution in [3.63, 3.8) is 0 Å². The molecule has 1 amide bonds. The van der Waals surface area contributed by atoms with Crippen LogP contribution in [0.25, 0.3) is 10.9 Å². The van der Waals surface area contributed by atoms with E-state index in [1.54, 1.807) is 24.3 Å². The summed E-state index contributed by atoms with van der Waals surface area (Å²) in [6, 6.07) is 13.3. The molecule has 0 aliphatic rings. The third kappa shape index (κ3) is 5.46. The summed E-state index contributed by atoms with van der Waals surface area (Å²) in [4.78, 5) is 25.6. The van der Waals surface area contributed by atoms with Crippen LogP contribution in [0.1, 0.15) is 21.5 Å². The Bertz CT molecular complexity index is 1390. The lowest BCUT2D eigenvalue weighted by atomic mass is 10.1. The standard InChI is InChI=1S/C22H20ClN3O5S/c1-26-20-16(9-15(12-24)10-19(20)31-7-8-32(2,29)30)11-18(22(26)28)21(27)25-13-14-3-5-17(23)6-4-14/h3-6,9-11H,7-8,13H2,1-2H3,(H,25,27). The minimum atomic E-state index is -3.25. The van der Waals surface area contributed by atoms with Crippen molar-refractivity contribution < 1.29 is 17.9 Å². The lowest BCUT2D eigenvalue weighted by Crippen LogP contribution is -2.32. The molecule has 0 atom stereocenters. The first kappa shape index (κ1) is 23.3. The number of rotatable bonds is 7. The molecule has 3 rings (SSSR count). The first-order chi connectivity index (χ1) is 15.1. The maximum atomic E-state index is 12.9. The van der Waals surface area contributed by atoms with E-state index in [4.69, 9.17) is 16.3 Å². The highest BCUT2D eigenvalue weighted by molar-refractivity contribution is 7.90. The third-order valence-electron chi connectivity index (χ3n) is 4.73. The third-order valence-corrected chi connectivity index (χ3v) is 5.89. The van der Waals surface area contributed by atoms with Crippen LogP contribution >= 0.6 is 11.6 Å². The number of ether oxygens (including phenoxy) is 1. The summed E-state index contributed by atoms with van der Waals surface area (Å²) >= 11 is 5.86. The molecule has 0 saturated heterocycles. The molecule has 0 fully saturated rings. The van der Waals surface area contributed by atoms with Gasteiger partial charge in [-0.2, -0.15) is 5.26 Å². The zero-order valence-corrected chi connectivity index (χ0v) is 19.0. The van der Waals surface area contributed by atoms with Crippen LogP contribution in [0, 0.1) is 11.3 Å². The maximum absolute atomic E-state index is 12.9. The van der Waals surface area contributed by atoms with Gasteiger partial charge in [-0.05, 0) is 29.8 Å². The maximum Gasteiger partial charge on any atom is 0.263 e. The molecule has 3 aromatic rings. The van der Waals surface area contributed by atoms with Gasteiger partial charge in [-0.3, -0.25) is 9.59 Å². The Balaban J connectivity index is 1.96. The molecule has 1 heterocycles. The van der Waals surface area contributed by atoms with Crippen molar-refractivity contribution in [2.24, 2.45) is 7.05 Å². The summed E-state index contributed by atoms with van der Waals surface area (Å²) in [5.41, 5.74) is 0.776. The number of sulfone groups is 1. The normalized spacial score (nSPS) is 11.2. The van der Waals surface area contributed by atoms with Crippen LogP contribution in [0.15, 0.2) is 47.3 Å². The van der Waals surface area contributed by atoms with Crippen LogP contribution in [0.4, 0.5) is 0 Å². The molecule has 166 valence electrons. The number of nitriles is 1. The number of halogens is 1. The van der Waals surface area contributed by atoms with E-state index in [9.17, 15) is 23.3 Å². The minimum Gasteiger partial charge on any atom is -0.490 e. The second kappa shape index (κ2) is 9.42. The molecule has 0 bridgehead atoms. The number of carbonyl (C=O) groups excluding carboxylic acids is 1. The highest BCUT2D eigenvalue weighted by Gasteiger charge is 2.18. The number of benzene rings is 2. The lowest BCUT2D eigenvalue weighted by Gasteiger charge is -2.14. The number of fused-ring (bicyclic) bond motifs is 1. The smallest absolute Gasteiger partial charge is 0.263 e. The molecular formula is C22H20ClN3O5S. The Labute approximate surface area is 189 Å². The van der Waals surface area contributed by atoms with Gasteiger partial charge in [0.25, 0.3) is 11.5 Å². The molecule has 32 heavy (non-hydrogen) atoms. The summed E-state index contributed by atoms with van der Waals surface area (Å²) in [5.74, 6) is -0.593. The molecule has 8 nitrogen and oxygen atoms in total. The monoisotopic (exact) mass is 473 g/mol. The zero-order valence-electron chi connectivity index (χ0n) is 17.4. The number of nitrogens with one attached hydrogen (secondary N) is 1. The van der Waals surface area contributed by atoms with E-state index in [0.29, 0.717) is 15.9 Å². The van der Waals surface area contributed by atoms with Crippen molar-refractivity contribution in [3.8, 4) is 11.8 Å². The van der Waals surface area contributed by atoms with E-state index in [1.807, 2.05) is 6.07 Å². The molecule has 0 saturated carbocycles. The molecule has 10 heteroatoms. The van der Waals surface area contributed by atoms with Gasteiger partial charge in [-0.25, -0.2) is 8.42 Å². The second-order valence-corrected chi connectivity index (χ2v) is 9.93. The first-order valence-electron chi connectivity index (χ1n) is 9.50. The van der Waals surface area contributed by atoms with Gasteiger partial charge in [0.05, 0.1) is 22.9 Å². The van der Waals surface area contributed by atoms with Crippen molar-refractivity contribution in [3.05, 3.63) is 74.5 Å². The quantitative estimate of drug-likeness (QED) is 0.563. The number of amides is 1. The van der Waals surface area contributed by atoms with E-state index in [0.717, 1.165) is 11.8 Å². The van der Waals surface area contributed by atoms with Crippen molar-refractivity contribution in [2.45, 2.75) is 6.54 Å². The Morgan fingerprint density at radius 1 is 1.22 bits per heavy atom. The number of hydrogen-bond acceptors (Lipinski definition) is 6. The van der Waals surface area contributed by atoms with Crippen molar-refractivity contribution in [2.75, 3.05) is 18.6 Å². The van der Waals surface area contributed by atoms with Crippen molar-refractivity contribution in [1.82, 2.24) is 9.88 Å². The Kier molecular flexibility index (Phi) is 6.87. The van der Waals surface area contributed by atoms with Crippen LogP contribution in [-0.2, 0) is 23.4 Å². The Morgan fingerprint density at radius 3 is 2.53 bits per heavy atom. The van der Waals surface area contributed by atoms with Crippen LogP contribution in [-0.4, -0.2) is 37.5 Å². The fourth-order valence-corrected chi connectivity index (χ4v) is 3.63. The highest BCUT2D eigenvalue weighted by Crippen LogP contribution is 2.27. The first-order valence-corrected chi connectivity index (χ1v) is 11.9. The van der Waals surface area contributed by atoms with E-state index >= 15 is 0 Å². The largest absolute Gasteiger partial charge is 0.490 e. The predicted molar refractivity (Wildman–Crippen MR) is 122 cm³/mol. The number of carbonyl (C=O) groups is 1. The minimum absolute atomic E-state index is 0.0915. The van der Waals surface area contributed by atoms with Crippen LogP contribution in [0.5, 0.6) is 5.75 Å². The molecule has 0 radical (unpaired) electrons. The SMILES string of the molecule is Cn1c(=O)c(C(=O)NCc2ccc(Cl)cc2)cc2cc(C#N)cc(OCCS(C)(=O)=O)c21. The van der Waals surface area contributed by atoms with Gasteiger partial charge in [0, 0.05) is 36.3 Å². The fourth-order valence-electron chi connectivity index (χ4n) is 3.12. The summed E-state index contributed by atoms with van der Waals surface area (Å²) < 4.78 is 29.6. The number of pyridine rings is 1. The number of aryl methyl sites for hydroxylation is 1. The van der Waals surface area contributed by atoms with Gasteiger partial charge >= 0.3 is 0 Å². The van der Waals surface area contributed by atoms with Gasteiger partial charge in [-0.15, -0.1) is 0 Å². The van der Waals surface area contributed by atoms with E-state index < -0.39 is 21.3 Å². The van der Waals surface area contributed by atoms with E-state index in [2.05, 4.69) is 5.32 Å².